The summed E-state index contributed by atoms with van der Waals surface area (Å²) < 4.78 is 33.2. The van der Waals surface area contributed by atoms with Gasteiger partial charge in [-0.05, 0) is 81.6 Å². The van der Waals surface area contributed by atoms with Crippen molar-refractivity contribution >= 4 is 20.9 Å². The zero-order valence-electron chi connectivity index (χ0n) is 17.7. The van der Waals surface area contributed by atoms with Crippen molar-refractivity contribution in [2.45, 2.75) is 43.2 Å². The predicted octanol–water partition coefficient (Wildman–Crippen LogP) is 4.52. The number of nitrogens with zero attached hydrogens (tertiary/aromatic N) is 2. The quantitative estimate of drug-likeness (QED) is 0.558. The molecule has 1 saturated carbocycles. The first kappa shape index (κ1) is 21.1. The van der Waals surface area contributed by atoms with Crippen molar-refractivity contribution in [2.24, 2.45) is 5.92 Å². The molecule has 0 bridgehead atoms. The monoisotopic (exact) mass is 426 g/mol. The van der Waals surface area contributed by atoms with E-state index < -0.39 is 10.0 Å². The number of ether oxygens (including phenoxy) is 1. The van der Waals surface area contributed by atoms with Crippen molar-refractivity contribution < 1.29 is 13.2 Å². The van der Waals surface area contributed by atoms with Crippen LogP contribution in [0.3, 0.4) is 0 Å². The maximum Gasteiger partial charge on any atom is 0.268 e. The molecule has 30 heavy (non-hydrogen) atoms. The van der Waals surface area contributed by atoms with Crippen LogP contribution < -0.4 is 0 Å². The van der Waals surface area contributed by atoms with Gasteiger partial charge in [-0.2, -0.15) is 0 Å². The molecule has 0 amide bonds. The molecule has 0 spiro atoms. The van der Waals surface area contributed by atoms with E-state index in [1.807, 2.05) is 30.3 Å². The predicted molar refractivity (Wildman–Crippen MR) is 120 cm³/mol. The molecule has 0 atom stereocenters. The zero-order valence-corrected chi connectivity index (χ0v) is 18.5. The topological polar surface area (TPSA) is 51.5 Å². The summed E-state index contributed by atoms with van der Waals surface area (Å²) in [4.78, 5) is 2.62. The lowest BCUT2D eigenvalue weighted by Crippen LogP contribution is -2.33. The lowest BCUT2D eigenvalue weighted by molar-refractivity contribution is 0.0622. The highest BCUT2D eigenvalue weighted by atomic mass is 32.2. The number of hydrogen-bond donors (Lipinski definition) is 0. The molecule has 6 heteroatoms. The molecule has 3 aromatic rings. The Morgan fingerprint density at radius 2 is 1.73 bits per heavy atom. The van der Waals surface area contributed by atoms with E-state index in [4.69, 9.17) is 4.74 Å². The number of fused-ring (bicyclic) bond motifs is 1. The average Bonchev–Trinajstić information content (AvgIpc) is 3.19. The summed E-state index contributed by atoms with van der Waals surface area (Å²) in [6, 6.07) is 16.9. The van der Waals surface area contributed by atoms with Crippen LogP contribution in [0.5, 0.6) is 0 Å². The fourth-order valence-corrected chi connectivity index (χ4v) is 5.72. The molecular formula is C24H30N2O3S. The molecule has 160 valence electrons. The van der Waals surface area contributed by atoms with Gasteiger partial charge in [0, 0.05) is 24.2 Å². The standard InChI is InChI=1S/C24H30N2O3S/c1-25(2)22-11-8-19(9-12-22)17-29-18-20-10-13-24-21(16-20)14-15-26(24)30(27,28)23-6-4-3-5-7-23/h3-7,10,13-16,19,22H,8-9,11-12,17-18H2,1-2H3. The lowest BCUT2D eigenvalue weighted by atomic mass is 9.86. The van der Waals surface area contributed by atoms with E-state index in [1.165, 1.54) is 29.7 Å². The Morgan fingerprint density at radius 1 is 1.00 bits per heavy atom. The molecule has 1 heterocycles. The number of benzene rings is 2. The first-order chi connectivity index (χ1) is 14.4. The Bertz CT molecular complexity index is 1080. The molecule has 1 aliphatic rings. The second kappa shape index (κ2) is 8.92. The summed E-state index contributed by atoms with van der Waals surface area (Å²) in [5, 5.41) is 0.905. The van der Waals surface area contributed by atoms with Gasteiger partial charge in [-0.1, -0.05) is 24.3 Å². The van der Waals surface area contributed by atoms with Crippen LogP contribution in [0.2, 0.25) is 0 Å². The van der Waals surface area contributed by atoms with E-state index >= 15 is 0 Å². The Labute approximate surface area is 179 Å². The van der Waals surface area contributed by atoms with Gasteiger partial charge in [-0.25, -0.2) is 12.4 Å². The van der Waals surface area contributed by atoms with Crippen molar-refractivity contribution in [1.82, 2.24) is 8.87 Å². The Kier molecular flexibility index (Phi) is 6.27. The molecule has 0 N–H and O–H groups in total. The van der Waals surface area contributed by atoms with E-state index in [2.05, 4.69) is 19.0 Å². The van der Waals surface area contributed by atoms with Crippen LogP contribution in [-0.4, -0.2) is 44.0 Å². The largest absolute Gasteiger partial charge is 0.376 e. The van der Waals surface area contributed by atoms with E-state index in [0.29, 0.717) is 29.0 Å². The Hall–Kier alpha value is -2.15. The second-order valence-electron chi connectivity index (χ2n) is 8.48. The molecule has 2 aromatic carbocycles. The van der Waals surface area contributed by atoms with Gasteiger partial charge in [0.05, 0.1) is 17.0 Å². The van der Waals surface area contributed by atoms with Crippen LogP contribution in [0.15, 0.2) is 65.7 Å². The summed E-state index contributed by atoms with van der Waals surface area (Å²) in [6.45, 7) is 1.35. The summed E-state index contributed by atoms with van der Waals surface area (Å²) >= 11 is 0. The second-order valence-corrected chi connectivity index (χ2v) is 10.3. The third kappa shape index (κ3) is 4.46. The smallest absolute Gasteiger partial charge is 0.268 e. The van der Waals surface area contributed by atoms with E-state index in [0.717, 1.165) is 17.6 Å². The van der Waals surface area contributed by atoms with Crippen molar-refractivity contribution in [1.29, 1.82) is 0 Å². The van der Waals surface area contributed by atoms with Gasteiger partial charge in [0.2, 0.25) is 0 Å². The third-order valence-corrected chi connectivity index (χ3v) is 7.89. The van der Waals surface area contributed by atoms with Gasteiger partial charge in [-0.15, -0.1) is 0 Å². The van der Waals surface area contributed by atoms with Gasteiger partial charge < -0.3 is 9.64 Å². The number of rotatable bonds is 7. The van der Waals surface area contributed by atoms with E-state index in [-0.39, 0.29) is 0 Å². The molecule has 0 unspecified atom stereocenters. The Balaban J connectivity index is 1.40. The van der Waals surface area contributed by atoms with Crippen LogP contribution in [0.25, 0.3) is 10.9 Å². The summed E-state index contributed by atoms with van der Waals surface area (Å²) in [7, 11) is 0.730. The lowest BCUT2D eigenvalue weighted by Gasteiger charge is -2.32. The fraction of sp³-hybridized carbons (Fsp3) is 0.417. The average molecular weight is 427 g/mol. The highest BCUT2D eigenvalue weighted by molar-refractivity contribution is 7.90. The molecule has 1 fully saturated rings. The van der Waals surface area contributed by atoms with Gasteiger partial charge in [0.1, 0.15) is 0 Å². The van der Waals surface area contributed by atoms with Gasteiger partial charge in [0.25, 0.3) is 10.0 Å². The maximum atomic E-state index is 12.9. The highest BCUT2D eigenvalue weighted by Crippen LogP contribution is 2.27. The Morgan fingerprint density at radius 3 is 2.43 bits per heavy atom. The van der Waals surface area contributed by atoms with Crippen LogP contribution in [0.4, 0.5) is 0 Å². The first-order valence-corrected chi connectivity index (χ1v) is 12.0. The number of aromatic nitrogens is 1. The minimum Gasteiger partial charge on any atom is -0.376 e. The molecule has 0 radical (unpaired) electrons. The van der Waals surface area contributed by atoms with E-state index in [9.17, 15) is 8.42 Å². The first-order valence-electron chi connectivity index (χ1n) is 10.6. The summed E-state index contributed by atoms with van der Waals surface area (Å²) in [5.41, 5.74) is 1.75. The zero-order chi connectivity index (χ0) is 21.1. The van der Waals surface area contributed by atoms with Gasteiger partial charge in [-0.3, -0.25) is 0 Å². The molecule has 0 aliphatic heterocycles. The minimum atomic E-state index is -3.60. The third-order valence-electron chi connectivity index (χ3n) is 6.19. The number of hydrogen-bond acceptors (Lipinski definition) is 4. The van der Waals surface area contributed by atoms with Crippen LogP contribution in [0.1, 0.15) is 31.2 Å². The van der Waals surface area contributed by atoms with Crippen molar-refractivity contribution in [3.8, 4) is 0 Å². The van der Waals surface area contributed by atoms with Crippen molar-refractivity contribution in [3.05, 3.63) is 66.4 Å². The SMILES string of the molecule is CN(C)C1CCC(COCc2ccc3c(ccn3S(=O)(=O)c3ccccc3)c2)CC1. The van der Waals surface area contributed by atoms with Crippen molar-refractivity contribution in [3.63, 3.8) is 0 Å². The highest BCUT2D eigenvalue weighted by Gasteiger charge is 2.22. The van der Waals surface area contributed by atoms with Gasteiger partial charge >= 0.3 is 0 Å². The normalized spacial score (nSPS) is 20.1. The van der Waals surface area contributed by atoms with Crippen LogP contribution in [-0.2, 0) is 21.4 Å². The molecule has 1 aromatic heterocycles. The van der Waals surface area contributed by atoms with Crippen molar-refractivity contribution in [2.75, 3.05) is 20.7 Å². The molecule has 4 rings (SSSR count). The van der Waals surface area contributed by atoms with Crippen LogP contribution in [0, 0.1) is 5.92 Å². The molecular weight excluding hydrogens is 396 g/mol. The maximum absolute atomic E-state index is 12.9. The molecule has 1 aliphatic carbocycles. The summed E-state index contributed by atoms with van der Waals surface area (Å²) in [6.07, 6.45) is 6.57. The molecule has 5 nitrogen and oxygen atoms in total. The van der Waals surface area contributed by atoms with E-state index in [1.54, 1.807) is 30.5 Å². The fourth-order valence-electron chi connectivity index (χ4n) is 4.34. The minimum absolute atomic E-state index is 0.291. The van der Waals surface area contributed by atoms with Crippen LogP contribution >= 0.6 is 0 Å². The molecule has 0 saturated heterocycles. The van der Waals surface area contributed by atoms with Gasteiger partial charge in [0.15, 0.2) is 0 Å². The summed E-state index contributed by atoms with van der Waals surface area (Å²) in [5.74, 6) is 0.641.